The Hall–Kier alpha value is -1.85. The first-order valence-corrected chi connectivity index (χ1v) is 7.18. The number of hydrogen-bond acceptors (Lipinski definition) is 3. The Bertz CT molecular complexity index is 509. The van der Waals surface area contributed by atoms with Gasteiger partial charge in [0.05, 0.1) is 12.2 Å². The number of hydrogen-bond donors (Lipinski definition) is 1. The molecule has 0 aromatic carbocycles. The van der Waals surface area contributed by atoms with E-state index in [4.69, 9.17) is 0 Å². The fourth-order valence-electron chi connectivity index (χ4n) is 2.41. The van der Waals surface area contributed by atoms with Crippen molar-refractivity contribution in [2.45, 2.75) is 52.6 Å². The number of nitrogens with one attached hydrogen (secondary N) is 1. The summed E-state index contributed by atoms with van der Waals surface area (Å²) in [4.78, 5) is 25.9. The van der Waals surface area contributed by atoms with Gasteiger partial charge in [-0.25, -0.2) is 4.68 Å². The Balaban J connectivity index is 2.14. The smallest absolute Gasteiger partial charge is 0.242 e. The number of aromatic nitrogens is 2. The van der Waals surface area contributed by atoms with Crippen molar-refractivity contribution in [1.82, 2.24) is 15.1 Å². The van der Waals surface area contributed by atoms with Crippen molar-refractivity contribution in [2.24, 2.45) is 0 Å². The van der Waals surface area contributed by atoms with Crippen LogP contribution in [0.25, 0.3) is 0 Å². The Kier molecular flexibility index (Phi) is 4.42. The summed E-state index contributed by atoms with van der Waals surface area (Å²) in [5.74, 6) is 0.589. The van der Waals surface area contributed by atoms with Gasteiger partial charge < -0.3 is 5.32 Å². The zero-order valence-electron chi connectivity index (χ0n) is 12.3. The first kappa shape index (κ1) is 14.6. The summed E-state index contributed by atoms with van der Waals surface area (Å²) in [6.45, 7) is 6.96. The van der Waals surface area contributed by atoms with Gasteiger partial charge in [-0.05, 0) is 20.3 Å². The second kappa shape index (κ2) is 6.07. The minimum Gasteiger partial charge on any atom is -0.354 e. The number of fused-ring (bicyclic) bond motifs is 1. The Morgan fingerprint density at radius 2 is 2.30 bits per heavy atom. The van der Waals surface area contributed by atoms with Crippen LogP contribution in [0, 0.1) is 6.92 Å². The van der Waals surface area contributed by atoms with Gasteiger partial charge in [0.1, 0.15) is 11.9 Å². The molecule has 1 aliphatic rings. The average molecular weight is 278 g/mol. The molecule has 0 saturated heterocycles. The molecule has 6 nitrogen and oxygen atoms in total. The lowest BCUT2D eigenvalue weighted by Gasteiger charge is -2.31. The third-order valence-corrected chi connectivity index (χ3v) is 3.53. The molecule has 20 heavy (non-hydrogen) atoms. The average Bonchev–Trinajstić information content (AvgIpc) is 2.78. The van der Waals surface area contributed by atoms with Gasteiger partial charge in [0.2, 0.25) is 11.8 Å². The molecule has 0 saturated carbocycles. The fourth-order valence-corrected chi connectivity index (χ4v) is 2.41. The van der Waals surface area contributed by atoms with Crippen LogP contribution in [0.3, 0.4) is 0 Å². The SMILES string of the molecule is CCCCNC(=O)C(C)N1C(=O)CCn2nc(C)cc21. The van der Waals surface area contributed by atoms with Crippen LogP contribution in [-0.2, 0) is 16.1 Å². The molecule has 0 aliphatic carbocycles. The van der Waals surface area contributed by atoms with E-state index < -0.39 is 6.04 Å². The maximum Gasteiger partial charge on any atom is 0.242 e. The highest BCUT2D eigenvalue weighted by atomic mass is 16.2. The highest BCUT2D eigenvalue weighted by Crippen LogP contribution is 2.24. The third-order valence-electron chi connectivity index (χ3n) is 3.53. The lowest BCUT2D eigenvalue weighted by Crippen LogP contribution is -2.51. The van der Waals surface area contributed by atoms with Crippen molar-refractivity contribution in [2.75, 3.05) is 11.4 Å². The molecule has 0 spiro atoms. The van der Waals surface area contributed by atoms with E-state index in [-0.39, 0.29) is 11.8 Å². The van der Waals surface area contributed by atoms with Gasteiger partial charge in [-0.15, -0.1) is 0 Å². The quantitative estimate of drug-likeness (QED) is 0.824. The fraction of sp³-hybridized carbons (Fsp3) is 0.643. The lowest BCUT2D eigenvalue weighted by atomic mass is 10.2. The molecule has 6 heteroatoms. The van der Waals surface area contributed by atoms with Crippen LogP contribution in [0.1, 0.15) is 38.8 Å². The second-order valence-corrected chi connectivity index (χ2v) is 5.20. The first-order valence-electron chi connectivity index (χ1n) is 7.18. The van der Waals surface area contributed by atoms with Crippen LogP contribution >= 0.6 is 0 Å². The van der Waals surface area contributed by atoms with E-state index in [1.54, 1.807) is 16.5 Å². The van der Waals surface area contributed by atoms with E-state index in [0.717, 1.165) is 24.4 Å². The number of aryl methyl sites for hydroxylation is 2. The Morgan fingerprint density at radius 1 is 1.55 bits per heavy atom. The van der Waals surface area contributed by atoms with E-state index in [1.807, 2.05) is 13.0 Å². The molecule has 1 aliphatic heterocycles. The van der Waals surface area contributed by atoms with Gasteiger partial charge in [0.25, 0.3) is 0 Å². The van der Waals surface area contributed by atoms with E-state index in [9.17, 15) is 9.59 Å². The molecule has 110 valence electrons. The first-order chi connectivity index (χ1) is 9.54. The summed E-state index contributed by atoms with van der Waals surface area (Å²) in [5, 5.41) is 7.22. The third kappa shape index (κ3) is 2.84. The number of anilines is 1. The van der Waals surface area contributed by atoms with Crippen molar-refractivity contribution < 1.29 is 9.59 Å². The van der Waals surface area contributed by atoms with Gasteiger partial charge in [-0.3, -0.25) is 14.5 Å². The van der Waals surface area contributed by atoms with Crippen LogP contribution in [-0.4, -0.2) is 34.2 Å². The monoisotopic (exact) mass is 278 g/mol. The maximum atomic E-state index is 12.1. The minimum atomic E-state index is -0.505. The molecular formula is C14H22N4O2. The van der Waals surface area contributed by atoms with Crippen LogP contribution in [0.2, 0.25) is 0 Å². The summed E-state index contributed by atoms with van der Waals surface area (Å²) in [6, 6.07) is 1.35. The second-order valence-electron chi connectivity index (χ2n) is 5.20. The molecule has 1 aromatic heterocycles. The van der Waals surface area contributed by atoms with Crippen LogP contribution in [0.4, 0.5) is 5.82 Å². The van der Waals surface area contributed by atoms with Gasteiger partial charge >= 0.3 is 0 Å². The van der Waals surface area contributed by atoms with Crippen molar-refractivity contribution in [1.29, 1.82) is 0 Å². The van der Waals surface area contributed by atoms with E-state index in [2.05, 4.69) is 17.3 Å². The van der Waals surface area contributed by atoms with Gasteiger partial charge in [0, 0.05) is 19.0 Å². The van der Waals surface area contributed by atoms with Crippen molar-refractivity contribution >= 4 is 17.6 Å². The molecule has 1 N–H and O–H groups in total. The highest BCUT2D eigenvalue weighted by molar-refractivity contribution is 6.00. The highest BCUT2D eigenvalue weighted by Gasteiger charge is 2.32. The minimum absolute atomic E-state index is 0.0180. The number of amides is 2. The summed E-state index contributed by atoms with van der Waals surface area (Å²) in [7, 11) is 0. The van der Waals surface area contributed by atoms with Crippen molar-refractivity contribution in [3.05, 3.63) is 11.8 Å². The summed E-state index contributed by atoms with van der Waals surface area (Å²) in [6.07, 6.45) is 2.37. The van der Waals surface area contributed by atoms with Crippen LogP contribution < -0.4 is 10.2 Å². The van der Waals surface area contributed by atoms with Gasteiger partial charge in [-0.1, -0.05) is 13.3 Å². The maximum absolute atomic E-state index is 12.1. The predicted molar refractivity (Wildman–Crippen MR) is 76.4 cm³/mol. The zero-order chi connectivity index (χ0) is 14.7. The molecule has 0 radical (unpaired) electrons. The summed E-state index contributed by atoms with van der Waals surface area (Å²) in [5.41, 5.74) is 0.860. The summed E-state index contributed by atoms with van der Waals surface area (Å²) < 4.78 is 1.80. The van der Waals surface area contributed by atoms with E-state index >= 15 is 0 Å². The molecule has 0 fully saturated rings. The van der Waals surface area contributed by atoms with E-state index in [1.165, 1.54) is 0 Å². The topological polar surface area (TPSA) is 67.2 Å². The van der Waals surface area contributed by atoms with Gasteiger partial charge in [-0.2, -0.15) is 5.10 Å². The molecule has 0 bridgehead atoms. The van der Waals surface area contributed by atoms with E-state index in [0.29, 0.717) is 19.5 Å². The van der Waals surface area contributed by atoms with Crippen LogP contribution in [0.15, 0.2) is 6.07 Å². The Morgan fingerprint density at radius 3 is 3.00 bits per heavy atom. The molecule has 2 amide bonds. The Labute approximate surface area is 119 Å². The van der Waals surface area contributed by atoms with Crippen LogP contribution in [0.5, 0.6) is 0 Å². The number of carbonyl (C=O) groups is 2. The van der Waals surface area contributed by atoms with Gasteiger partial charge in [0.15, 0.2) is 0 Å². The molecule has 2 heterocycles. The normalized spacial score (nSPS) is 15.9. The molecule has 1 atom stereocenters. The number of unbranched alkanes of at least 4 members (excludes halogenated alkanes) is 1. The molecule has 1 unspecified atom stereocenters. The summed E-state index contributed by atoms with van der Waals surface area (Å²) >= 11 is 0. The number of rotatable bonds is 5. The zero-order valence-corrected chi connectivity index (χ0v) is 12.3. The largest absolute Gasteiger partial charge is 0.354 e. The molecule has 2 rings (SSSR count). The standard InChI is InChI=1S/C14H22N4O2/c1-4-5-7-15-14(20)11(3)18-12-9-10(2)16-17(12)8-6-13(18)19/h9,11H,4-8H2,1-3H3,(H,15,20). The molecular weight excluding hydrogens is 256 g/mol. The number of nitrogens with zero attached hydrogens (tertiary/aromatic N) is 3. The van der Waals surface area contributed by atoms with Crippen molar-refractivity contribution in [3.63, 3.8) is 0 Å². The predicted octanol–water partition coefficient (Wildman–Crippen LogP) is 1.23. The number of carbonyl (C=O) groups excluding carboxylic acids is 2. The molecule has 1 aromatic rings. The van der Waals surface area contributed by atoms with Crippen molar-refractivity contribution in [3.8, 4) is 0 Å². The lowest BCUT2D eigenvalue weighted by molar-refractivity contribution is -0.126.